The summed E-state index contributed by atoms with van der Waals surface area (Å²) < 4.78 is 32.1. The number of carbonyl (C=O) groups is 1. The first-order valence-corrected chi connectivity index (χ1v) is 15.2. The molecule has 0 atom stereocenters. The van der Waals surface area contributed by atoms with E-state index in [1.54, 1.807) is 18.3 Å². The van der Waals surface area contributed by atoms with Gasteiger partial charge in [-0.15, -0.1) is 0 Å². The van der Waals surface area contributed by atoms with Crippen LogP contribution >= 0.6 is 0 Å². The number of aryl methyl sites for hydroxylation is 1. The van der Waals surface area contributed by atoms with Gasteiger partial charge in [0.15, 0.2) is 0 Å². The summed E-state index contributed by atoms with van der Waals surface area (Å²) in [6.45, 7) is 5.93. The molecular formula is C29H40N4O5S. The molecule has 0 saturated carbocycles. The van der Waals surface area contributed by atoms with Gasteiger partial charge in [0.1, 0.15) is 5.75 Å². The zero-order valence-electron chi connectivity index (χ0n) is 23.3. The average molecular weight is 557 g/mol. The lowest BCUT2D eigenvalue weighted by molar-refractivity contribution is 0.100. The second kappa shape index (κ2) is 12.1. The van der Waals surface area contributed by atoms with Gasteiger partial charge in [0.25, 0.3) is 5.91 Å². The standard InChI is InChI=1S/C29H40N4O5S/c1-5-19-13-21(14-23(28(19)38-4)18-32(3)11-12-34)22-15-24-26(17-31-27(24)25(16-22)29(30)35)20-7-9-33(10-8-20)39(36,37)6-2/h13-17,20,31,34H,5-12,18H2,1-4H3,(H2,30,35). The molecule has 4 N–H and O–H groups in total. The maximum atomic E-state index is 12.6. The number of amides is 1. The SMILES string of the molecule is CCc1cc(-c2cc(C(N)=O)c3[nH]cc(C4CCN(S(=O)(=O)CC)CC4)c3c2)cc(CN(C)CCO)c1OC. The van der Waals surface area contributed by atoms with Gasteiger partial charge in [-0.25, -0.2) is 12.7 Å². The molecule has 3 aromatic rings. The summed E-state index contributed by atoms with van der Waals surface area (Å²) in [4.78, 5) is 17.9. The van der Waals surface area contributed by atoms with Gasteiger partial charge in [-0.1, -0.05) is 6.92 Å². The van der Waals surface area contributed by atoms with Gasteiger partial charge in [0.2, 0.25) is 10.0 Å². The summed E-state index contributed by atoms with van der Waals surface area (Å²) in [6, 6.07) is 8.12. The lowest BCUT2D eigenvalue weighted by atomic mass is 9.88. The Bertz CT molecular complexity index is 1440. The molecule has 1 aliphatic rings. The number of nitrogens with zero attached hydrogens (tertiary/aromatic N) is 2. The number of hydrogen-bond donors (Lipinski definition) is 3. The third-order valence-electron chi connectivity index (χ3n) is 7.82. The second-order valence-electron chi connectivity index (χ2n) is 10.3. The summed E-state index contributed by atoms with van der Waals surface area (Å²) in [5, 5.41) is 10.3. The molecule has 2 aromatic carbocycles. The van der Waals surface area contributed by atoms with Gasteiger partial charge in [-0.3, -0.25) is 9.69 Å². The molecule has 212 valence electrons. The number of primary amides is 1. The number of ether oxygens (including phenoxy) is 1. The van der Waals surface area contributed by atoms with Crippen LogP contribution in [0, 0.1) is 0 Å². The molecule has 0 aliphatic carbocycles. The summed E-state index contributed by atoms with van der Waals surface area (Å²) in [5.74, 6) is 0.600. The van der Waals surface area contributed by atoms with Crippen LogP contribution in [0.3, 0.4) is 0 Å². The largest absolute Gasteiger partial charge is 0.496 e. The number of benzene rings is 2. The molecule has 1 aromatic heterocycles. The van der Waals surface area contributed by atoms with Crippen molar-refractivity contribution in [2.45, 2.75) is 45.6 Å². The van der Waals surface area contributed by atoms with E-state index in [9.17, 15) is 18.3 Å². The third-order valence-corrected chi connectivity index (χ3v) is 9.70. The minimum absolute atomic E-state index is 0.0668. The second-order valence-corrected chi connectivity index (χ2v) is 12.5. The van der Waals surface area contributed by atoms with Gasteiger partial charge in [-0.2, -0.15) is 0 Å². The number of sulfonamides is 1. The number of piperidine rings is 1. The molecule has 1 amide bonds. The van der Waals surface area contributed by atoms with E-state index in [0.717, 1.165) is 45.4 Å². The van der Waals surface area contributed by atoms with Crippen LogP contribution in [0.4, 0.5) is 0 Å². The number of rotatable bonds is 11. The quantitative estimate of drug-likeness (QED) is 0.332. The van der Waals surface area contributed by atoms with Crippen molar-refractivity contribution < 1.29 is 23.1 Å². The molecule has 0 radical (unpaired) electrons. The van der Waals surface area contributed by atoms with Crippen LogP contribution in [0.1, 0.15) is 59.7 Å². The average Bonchev–Trinajstić information content (AvgIpc) is 3.36. The number of likely N-dealkylation sites (N-methyl/N-ethyl adjacent to an activating group) is 1. The molecule has 1 fully saturated rings. The van der Waals surface area contributed by atoms with Crippen molar-refractivity contribution in [2.75, 3.05) is 46.2 Å². The van der Waals surface area contributed by atoms with Gasteiger partial charge in [-0.05, 0) is 85.7 Å². The topological polar surface area (TPSA) is 129 Å². The highest BCUT2D eigenvalue weighted by Gasteiger charge is 2.29. The Balaban J connectivity index is 1.79. The van der Waals surface area contributed by atoms with Gasteiger partial charge >= 0.3 is 0 Å². The molecule has 39 heavy (non-hydrogen) atoms. The van der Waals surface area contributed by atoms with Crippen molar-refractivity contribution in [3.63, 3.8) is 0 Å². The van der Waals surface area contributed by atoms with E-state index in [-0.39, 0.29) is 18.3 Å². The Morgan fingerprint density at radius 1 is 1.15 bits per heavy atom. The maximum absolute atomic E-state index is 12.6. The van der Waals surface area contributed by atoms with Crippen molar-refractivity contribution >= 4 is 26.8 Å². The van der Waals surface area contributed by atoms with Crippen LogP contribution in [0.25, 0.3) is 22.0 Å². The summed E-state index contributed by atoms with van der Waals surface area (Å²) >= 11 is 0. The number of methoxy groups -OCH3 is 1. The van der Waals surface area contributed by atoms with Crippen molar-refractivity contribution in [3.8, 4) is 16.9 Å². The maximum Gasteiger partial charge on any atom is 0.250 e. The first-order valence-electron chi connectivity index (χ1n) is 13.6. The van der Waals surface area contributed by atoms with Crippen molar-refractivity contribution in [1.82, 2.24) is 14.2 Å². The predicted octanol–water partition coefficient (Wildman–Crippen LogP) is 3.46. The number of nitrogens with one attached hydrogen (secondary N) is 1. The van der Waals surface area contributed by atoms with E-state index in [1.165, 1.54) is 0 Å². The van der Waals surface area contributed by atoms with Gasteiger partial charge < -0.3 is 20.6 Å². The Kier molecular flexibility index (Phi) is 9.00. The van der Waals surface area contributed by atoms with Crippen LogP contribution in [-0.4, -0.2) is 79.8 Å². The van der Waals surface area contributed by atoms with E-state index in [1.807, 2.05) is 24.2 Å². The number of hydrogen-bond acceptors (Lipinski definition) is 6. The third kappa shape index (κ3) is 5.99. The molecule has 10 heteroatoms. The van der Waals surface area contributed by atoms with Crippen LogP contribution in [0.5, 0.6) is 5.75 Å². The predicted molar refractivity (Wildman–Crippen MR) is 155 cm³/mol. The molecule has 9 nitrogen and oxygen atoms in total. The van der Waals surface area contributed by atoms with Crippen molar-refractivity contribution in [1.29, 1.82) is 0 Å². The highest BCUT2D eigenvalue weighted by atomic mass is 32.2. The van der Waals surface area contributed by atoms with E-state index in [4.69, 9.17) is 10.5 Å². The Morgan fingerprint density at radius 2 is 1.82 bits per heavy atom. The number of aliphatic hydroxyl groups is 1. The van der Waals surface area contributed by atoms with Crippen molar-refractivity contribution in [3.05, 3.63) is 52.7 Å². The van der Waals surface area contributed by atoms with Crippen LogP contribution in [0.15, 0.2) is 30.5 Å². The fraction of sp³-hybridized carbons (Fsp3) is 0.483. The van der Waals surface area contributed by atoms with Crippen LogP contribution < -0.4 is 10.5 Å². The summed E-state index contributed by atoms with van der Waals surface area (Å²) in [6.07, 6.45) is 4.14. The fourth-order valence-corrected chi connectivity index (χ4v) is 6.82. The zero-order chi connectivity index (χ0) is 28.3. The first-order chi connectivity index (χ1) is 18.6. The summed E-state index contributed by atoms with van der Waals surface area (Å²) in [7, 11) is 0.414. The van der Waals surface area contributed by atoms with Gasteiger partial charge in [0.05, 0.1) is 30.5 Å². The smallest absolute Gasteiger partial charge is 0.250 e. The Hall–Kier alpha value is -2.92. The zero-order valence-corrected chi connectivity index (χ0v) is 24.1. The van der Waals surface area contributed by atoms with E-state index >= 15 is 0 Å². The minimum Gasteiger partial charge on any atom is -0.496 e. The molecule has 0 bridgehead atoms. The minimum atomic E-state index is -3.21. The highest BCUT2D eigenvalue weighted by Crippen LogP contribution is 2.39. The number of carbonyl (C=O) groups excluding carboxylic acids is 1. The lowest BCUT2D eigenvalue weighted by Gasteiger charge is -2.31. The number of H-pyrrole nitrogens is 1. The van der Waals surface area contributed by atoms with E-state index in [0.29, 0.717) is 50.1 Å². The van der Waals surface area contributed by atoms with E-state index < -0.39 is 15.9 Å². The number of nitrogens with two attached hydrogens (primary N) is 1. The molecule has 1 saturated heterocycles. The van der Waals surface area contributed by atoms with Crippen LogP contribution in [-0.2, 0) is 23.0 Å². The molecule has 4 rings (SSSR count). The molecular weight excluding hydrogens is 516 g/mol. The lowest BCUT2D eigenvalue weighted by Crippen LogP contribution is -2.38. The van der Waals surface area contributed by atoms with Crippen LogP contribution in [0.2, 0.25) is 0 Å². The number of aromatic amines is 1. The first kappa shape index (κ1) is 29.1. The normalized spacial score (nSPS) is 15.3. The Morgan fingerprint density at radius 3 is 2.41 bits per heavy atom. The monoisotopic (exact) mass is 556 g/mol. The van der Waals surface area contributed by atoms with E-state index in [2.05, 4.69) is 30.1 Å². The number of aliphatic hydroxyl groups excluding tert-OH is 1. The summed E-state index contributed by atoms with van der Waals surface area (Å²) in [5.41, 5.74) is 12.0. The number of fused-ring (bicyclic) bond motifs is 1. The fourth-order valence-electron chi connectivity index (χ4n) is 5.68. The van der Waals surface area contributed by atoms with Gasteiger partial charge in [0, 0.05) is 43.3 Å². The highest BCUT2D eigenvalue weighted by molar-refractivity contribution is 7.89. The molecule has 1 aliphatic heterocycles. The Labute approximate surface area is 231 Å². The molecule has 0 spiro atoms. The molecule has 2 heterocycles. The molecule has 0 unspecified atom stereocenters. The number of aromatic nitrogens is 1. The van der Waals surface area contributed by atoms with Crippen molar-refractivity contribution in [2.24, 2.45) is 5.73 Å².